The number of anilines is 1. The van der Waals surface area contributed by atoms with Gasteiger partial charge in [-0.2, -0.15) is 0 Å². The van der Waals surface area contributed by atoms with E-state index < -0.39 is 5.41 Å². The van der Waals surface area contributed by atoms with Crippen molar-refractivity contribution in [3.8, 4) is 5.75 Å². The van der Waals surface area contributed by atoms with E-state index in [9.17, 15) is 4.79 Å². The largest absolute Gasteiger partial charge is 0.491 e. The highest BCUT2D eigenvalue weighted by Crippen LogP contribution is 2.41. The van der Waals surface area contributed by atoms with Gasteiger partial charge in [0.25, 0.3) is 0 Å². The zero-order valence-electron chi connectivity index (χ0n) is 18.6. The van der Waals surface area contributed by atoms with Crippen molar-refractivity contribution >= 4 is 22.5 Å². The minimum absolute atomic E-state index is 0.0857. The molecule has 1 aromatic heterocycles. The fraction of sp³-hybridized carbons (Fsp3) is 0.407. The second-order valence-corrected chi connectivity index (χ2v) is 8.68. The molecule has 0 aliphatic heterocycles. The number of pyridine rings is 1. The van der Waals surface area contributed by atoms with Gasteiger partial charge in [0, 0.05) is 11.6 Å². The molecule has 2 aromatic carbocycles. The summed E-state index contributed by atoms with van der Waals surface area (Å²) in [7, 11) is 0. The molecule has 4 rings (SSSR count). The number of carbonyl (C=O) groups excluding carboxylic acids is 1. The number of fused-ring (bicyclic) bond motifs is 1. The molecule has 1 aliphatic rings. The van der Waals surface area contributed by atoms with Gasteiger partial charge in [-0.1, -0.05) is 62.4 Å². The molecule has 0 unspecified atom stereocenters. The first kappa shape index (κ1) is 21.4. The first-order valence-electron chi connectivity index (χ1n) is 11.5. The van der Waals surface area contributed by atoms with Gasteiger partial charge in [-0.15, -0.1) is 0 Å². The Morgan fingerprint density at radius 2 is 1.94 bits per heavy atom. The van der Waals surface area contributed by atoms with Crippen molar-refractivity contribution in [2.45, 2.75) is 64.2 Å². The van der Waals surface area contributed by atoms with Crippen molar-refractivity contribution in [3.05, 3.63) is 65.9 Å². The van der Waals surface area contributed by atoms with Crippen molar-refractivity contribution in [1.82, 2.24) is 4.98 Å². The first-order valence-corrected chi connectivity index (χ1v) is 11.5. The molecular formula is C27H32N2O2. The lowest BCUT2D eigenvalue weighted by atomic mass is 9.68. The van der Waals surface area contributed by atoms with Crippen LogP contribution in [-0.4, -0.2) is 17.5 Å². The highest BCUT2D eigenvalue weighted by molar-refractivity contribution is 6.06. The molecule has 1 amide bonds. The summed E-state index contributed by atoms with van der Waals surface area (Å²) in [6.07, 6.45) is 8.98. The van der Waals surface area contributed by atoms with Crippen LogP contribution in [0.2, 0.25) is 0 Å². The summed E-state index contributed by atoms with van der Waals surface area (Å²) in [6, 6.07) is 16.2. The van der Waals surface area contributed by atoms with Crippen molar-refractivity contribution in [2.24, 2.45) is 0 Å². The number of unbranched alkanes of at least 4 members (excludes halogenated alkanes) is 1. The Morgan fingerprint density at radius 1 is 1.10 bits per heavy atom. The lowest BCUT2D eigenvalue weighted by Crippen LogP contribution is -2.42. The van der Waals surface area contributed by atoms with Crippen LogP contribution in [0, 0.1) is 6.92 Å². The van der Waals surface area contributed by atoms with Crippen molar-refractivity contribution in [3.63, 3.8) is 0 Å². The lowest BCUT2D eigenvalue weighted by molar-refractivity contribution is -0.122. The first-order chi connectivity index (χ1) is 15.1. The Morgan fingerprint density at radius 3 is 2.71 bits per heavy atom. The number of amides is 1. The third kappa shape index (κ3) is 4.43. The fourth-order valence-electron chi connectivity index (χ4n) is 4.69. The maximum Gasteiger partial charge on any atom is 0.235 e. The third-order valence-corrected chi connectivity index (χ3v) is 6.45. The monoisotopic (exact) mass is 416 g/mol. The molecule has 1 fully saturated rings. The van der Waals surface area contributed by atoms with Crippen LogP contribution in [-0.2, 0) is 10.2 Å². The van der Waals surface area contributed by atoms with E-state index in [4.69, 9.17) is 4.74 Å². The molecule has 162 valence electrons. The Labute approximate surface area is 185 Å². The van der Waals surface area contributed by atoms with Gasteiger partial charge in [-0.3, -0.25) is 9.78 Å². The van der Waals surface area contributed by atoms with Gasteiger partial charge in [-0.05, 0) is 56.0 Å². The van der Waals surface area contributed by atoms with Crippen LogP contribution < -0.4 is 10.1 Å². The predicted octanol–water partition coefficient (Wildman–Crippen LogP) is 6.56. The van der Waals surface area contributed by atoms with Crippen LogP contribution in [0.25, 0.3) is 10.9 Å². The number of ether oxygens (including phenoxy) is 1. The zero-order chi connectivity index (χ0) is 21.7. The van der Waals surface area contributed by atoms with E-state index in [1.54, 1.807) is 6.20 Å². The van der Waals surface area contributed by atoms with Crippen LogP contribution >= 0.6 is 0 Å². The molecule has 1 saturated carbocycles. The molecule has 4 nitrogen and oxygen atoms in total. The van der Waals surface area contributed by atoms with Gasteiger partial charge in [0.1, 0.15) is 11.3 Å². The summed E-state index contributed by atoms with van der Waals surface area (Å²) in [5.74, 6) is 0.857. The second-order valence-electron chi connectivity index (χ2n) is 8.68. The third-order valence-electron chi connectivity index (χ3n) is 6.45. The van der Waals surface area contributed by atoms with Gasteiger partial charge in [0.2, 0.25) is 5.91 Å². The normalized spacial score (nSPS) is 15.5. The minimum Gasteiger partial charge on any atom is -0.491 e. The summed E-state index contributed by atoms with van der Waals surface area (Å²) in [5, 5.41) is 4.19. The van der Waals surface area contributed by atoms with Crippen LogP contribution in [0.5, 0.6) is 5.75 Å². The molecular weight excluding hydrogens is 384 g/mol. The molecule has 0 bridgehead atoms. The number of nitrogens with zero attached hydrogens (tertiary/aromatic N) is 1. The van der Waals surface area contributed by atoms with Gasteiger partial charge < -0.3 is 10.1 Å². The van der Waals surface area contributed by atoms with Crippen molar-refractivity contribution in [1.29, 1.82) is 0 Å². The molecule has 0 radical (unpaired) electrons. The minimum atomic E-state index is -0.477. The van der Waals surface area contributed by atoms with Crippen molar-refractivity contribution < 1.29 is 9.53 Å². The van der Waals surface area contributed by atoms with Gasteiger partial charge >= 0.3 is 0 Å². The van der Waals surface area contributed by atoms with E-state index in [-0.39, 0.29) is 5.91 Å². The van der Waals surface area contributed by atoms with Gasteiger partial charge in [-0.25, -0.2) is 0 Å². The highest BCUT2D eigenvalue weighted by Gasteiger charge is 2.41. The molecule has 1 heterocycles. The quantitative estimate of drug-likeness (QED) is 0.444. The Balaban J connectivity index is 1.67. The summed E-state index contributed by atoms with van der Waals surface area (Å²) in [6.45, 7) is 4.91. The Bertz CT molecular complexity index is 1050. The number of rotatable bonds is 7. The number of hydrogen-bond donors (Lipinski definition) is 1. The van der Waals surface area contributed by atoms with E-state index in [0.717, 1.165) is 66.4 Å². The number of benzene rings is 2. The fourth-order valence-corrected chi connectivity index (χ4v) is 4.69. The SMILES string of the molecule is CCCCOc1ccc(NC(=O)C2(c3cccc(C)c3)CCCCC2)c2cccnc12. The van der Waals surface area contributed by atoms with Gasteiger partial charge in [0.15, 0.2) is 0 Å². The highest BCUT2D eigenvalue weighted by atomic mass is 16.5. The van der Waals surface area contributed by atoms with E-state index in [0.29, 0.717) is 6.61 Å². The standard InChI is InChI=1S/C27H32N2O2/c1-3-4-18-31-24-14-13-23(22-12-9-17-28-25(22)24)29-26(30)27(15-6-5-7-16-27)21-11-8-10-20(2)19-21/h8-14,17,19H,3-7,15-16,18H2,1-2H3,(H,29,30). The Hall–Kier alpha value is -2.88. The predicted molar refractivity (Wildman–Crippen MR) is 127 cm³/mol. The average molecular weight is 417 g/mol. The second kappa shape index (κ2) is 9.51. The lowest BCUT2D eigenvalue weighted by Gasteiger charge is -2.36. The summed E-state index contributed by atoms with van der Waals surface area (Å²) >= 11 is 0. The summed E-state index contributed by atoms with van der Waals surface area (Å²) in [4.78, 5) is 18.3. The number of aryl methyl sites for hydroxylation is 1. The van der Waals surface area contributed by atoms with E-state index in [1.165, 1.54) is 12.0 Å². The van der Waals surface area contributed by atoms with Crippen LogP contribution in [0.1, 0.15) is 63.0 Å². The molecule has 0 atom stereocenters. The Kier molecular flexibility index (Phi) is 6.55. The topological polar surface area (TPSA) is 51.2 Å². The van der Waals surface area contributed by atoms with E-state index in [1.807, 2.05) is 24.3 Å². The molecule has 31 heavy (non-hydrogen) atoms. The maximum absolute atomic E-state index is 13.8. The molecule has 3 aromatic rings. The van der Waals surface area contributed by atoms with Crippen LogP contribution in [0.15, 0.2) is 54.7 Å². The molecule has 1 N–H and O–H groups in total. The number of hydrogen-bond acceptors (Lipinski definition) is 3. The summed E-state index contributed by atoms with van der Waals surface area (Å²) in [5.41, 5.74) is 3.44. The van der Waals surface area contributed by atoms with Crippen LogP contribution in [0.4, 0.5) is 5.69 Å². The molecule has 0 spiro atoms. The van der Waals surface area contributed by atoms with E-state index in [2.05, 4.69) is 48.4 Å². The smallest absolute Gasteiger partial charge is 0.235 e. The van der Waals surface area contributed by atoms with E-state index >= 15 is 0 Å². The number of carbonyl (C=O) groups is 1. The maximum atomic E-state index is 13.8. The van der Waals surface area contributed by atoms with Gasteiger partial charge in [0.05, 0.1) is 17.7 Å². The van der Waals surface area contributed by atoms with Crippen molar-refractivity contribution in [2.75, 3.05) is 11.9 Å². The average Bonchev–Trinajstić information content (AvgIpc) is 2.81. The summed E-state index contributed by atoms with van der Waals surface area (Å²) < 4.78 is 5.96. The molecule has 1 aliphatic carbocycles. The van der Waals surface area contributed by atoms with Crippen LogP contribution in [0.3, 0.4) is 0 Å². The molecule has 0 saturated heterocycles. The number of nitrogens with one attached hydrogen (secondary N) is 1. The number of aromatic nitrogens is 1. The molecule has 4 heteroatoms. The zero-order valence-corrected chi connectivity index (χ0v) is 18.6.